The molecule has 1 aliphatic rings. The van der Waals surface area contributed by atoms with Gasteiger partial charge in [0.25, 0.3) is 0 Å². The second-order valence-corrected chi connectivity index (χ2v) is 12.4. The fraction of sp³-hybridized carbons (Fsp3) is 0.320. The van der Waals surface area contributed by atoms with Gasteiger partial charge in [0.2, 0.25) is 23.6 Å². The minimum atomic E-state index is -3.72. The highest BCUT2D eigenvalue weighted by Crippen LogP contribution is 2.38. The second kappa shape index (κ2) is 8.90. The molecule has 0 N–H and O–H groups in total. The zero-order valence-electron chi connectivity index (χ0n) is 20.0. The summed E-state index contributed by atoms with van der Waals surface area (Å²) < 4.78 is 32.3. The molecule has 2 amide bonds. The van der Waals surface area contributed by atoms with Crippen LogP contribution in [0.15, 0.2) is 52.9 Å². The van der Waals surface area contributed by atoms with Crippen LogP contribution in [0, 0.1) is 5.41 Å². The van der Waals surface area contributed by atoms with Gasteiger partial charge in [0.1, 0.15) is 5.01 Å². The summed E-state index contributed by atoms with van der Waals surface area (Å²) in [6.07, 6.45) is 1.18. The van der Waals surface area contributed by atoms with Gasteiger partial charge < -0.3 is 4.42 Å². The number of sulfone groups is 1. The normalized spacial score (nSPS) is 19.4. The number of nitrogens with zero attached hydrogens (tertiary/aromatic N) is 4. The molecule has 9 nitrogen and oxygen atoms in total. The lowest BCUT2D eigenvalue weighted by atomic mass is 9.85. The van der Waals surface area contributed by atoms with E-state index in [4.69, 9.17) is 4.42 Å². The molecule has 5 rings (SSSR count). The van der Waals surface area contributed by atoms with Crippen LogP contribution < -0.4 is 0 Å². The van der Waals surface area contributed by atoms with Gasteiger partial charge in [-0.1, -0.05) is 36.4 Å². The summed E-state index contributed by atoms with van der Waals surface area (Å²) >= 11 is 1.26. The van der Waals surface area contributed by atoms with Gasteiger partial charge in [0.15, 0.2) is 15.1 Å². The number of likely N-dealkylation sites (tertiary alicyclic amines) is 1. The first-order valence-corrected chi connectivity index (χ1v) is 14.2. The van der Waals surface area contributed by atoms with Crippen molar-refractivity contribution >= 4 is 43.2 Å². The maximum atomic E-state index is 12.8. The first-order chi connectivity index (χ1) is 17.1. The van der Waals surface area contributed by atoms with Gasteiger partial charge in [-0.15, -0.1) is 21.5 Å². The second-order valence-electron chi connectivity index (χ2n) is 9.20. The summed E-state index contributed by atoms with van der Waals surface area (Å²) in [4.78, 5) is 30.7. The average molecular weight is 525 g/mol. The lowest BCUT2D eigenvalue weighted by molar-refractivity contribution is -0.140. The Morgan fingerprint density at radius 2 is 1.86 bits per heavy atom. The van der Waals surface area contributed by atoms with Crippen LogP contribution in [-0.2, 0) is 25.8 Å². The van der Waals surface area contributed by atoms with Crippen molar-refractivity contribution in [2.45, 2.75) is 31.9 Å². The largest absolute Gasteiger partial charge is 0.423 e. The van der Waals surface area contributed by atoms with Gasteiger partial charge in [-0.2, -0.15) is 0 Å². The number of benzene rings is 2. The molecule has 4 aromatic rings. The molecule has 0 aliphatic carbocycles. The van der Waals surface area contributed by atoms with Crippen molar-refractivity contribution < 1.29 is 22.4 Å². The van der Waals surface area contributed by atoms with Crippen LogP contribution in [0.5, 0.6) is 0 Å². The average Bonchev–Trinajstić information content (AvgIpc) is 3.50. The Morgan fingerprint density at radius 1 is 1.11 bits per heavy atom. The molecule has 1 saturated heterocycles. The van der Waals surface area contributed by atoms with Crippen molar-refractivity contribution in [3.05, 3.63) is 65.3 Å². The Morgan fingerprint density at radius 3 is 2.53 bits per heavy atom. The number of aromatic nitrogens is 3. The Labute approximate surface area is 212 Å². The van der Waals surface area contributed by atoms with Crippen molar-refractivity contribution in [3.8, 4) is 11.1 Å². The summed E-state index contributed by atoms with van der Waals surface area (Å²) in [6.45, 7) is 3.71. The maximum absolute atomic E-state index is 12.8. The van der Waals surface area contributed by atoms with Crippen LogP contribution in [-0.4, -0.2) is 53.1 Å². The van der Waals surface area contributed by atoms with Crippen molar-refractivity contribution in [3.63, 3.8) is 0 Å². The molecule has 2 unspecified atom stereocenters. The van der Waals surface area contributed by atoms with E-state index in [1.54, 1.807) is 13.8 Å². The number of thiazole rings is 1. The number of rotatable bonds is 7. The van der Waals surface area contributed by atoms with Gasteiger partial charge >= 0.3 is 0 Å². The van der Waals surface area contributed by atoms with E-state index in [1.807, 2.05) is 48.5 Å². The highest BCUT2D eigenvalue weighted by Gasteiger charge is 2.48. The first kappa shape index (κ1) is 24.3. The molecule has 1 fully saturated rings. The molecule has 2 aromatic carbocycles. The van der Waals surface area contributed by atoms with Crippen molar-refractivity contribution in [1.29, 1.82) is 0 Å². The van der Waals surface area contributed by atoms with E-state index in [1.165, 1.54) is 16.2 Å². The highest BCUT2D eigenvalue weighted by atomic mass is 32.2. The third-order valence-electron chi connectivity index (χ3n) is 6.33. The predicted octanol–water partition coefficient (Wildman–Crippen LogP) is 3.81. The van der Waals surface area contributed by atoms with E-state index in [0.717, 1.165) is 22.1 Å². The lowest BCUT2D eigenvalue weighted by Gasteiger charge is -2.19. The molecule has 0 saturated carbocycles. The zero-order valence-corrected chi connectivity index (χ0v) is 21.6. The van der Waals surface area contributed by atoms with E-state index < -0.39 is 20.5 Å². The monoisotopic (exact) mass is 524 g/mol. The lowest BCUT2D eigenvalue weighted by Crippen LogP contribution is -2.35. The van der Waals surface area contributed by atoms with E-state index in [9.17, 15) is 18.0 Å². The number of imide groups is 1. The number of hydrogen-bond acceptors (Lipinski definition) is 9. The summed E-state index contributed by atoms with van der Waals surface area (Å²) in [5.74, 6) is -0.548. The van der Waals surface area contributed by atoms with E-state index in [0.29, 0.717) is 17.1 Å². The van der Waals surface area contributed by atoms with Gasteiger partial charge in [-0.25, -0.2) is 13.4 Å². The van der Waals surface area contributed by atoms with Crippen molar-refractivity contribution in [2.24, 2.45) is 5.41 Å². The van der Waals surface area contributed by atoms with Gasteiger partial charge in [-0.05, 0) is 37.1 Å². The molecule has 2 aromatic heterocycles. The predicted molar refractivity (Wildman–Crippen MR) is 135 cm³/mol. The summed E-state index contributed by atoms with van der Waals surface area (Å²) in [5.41, 5.74) is 1.71. The zero-order chi connectivity index (χ0) is 25.7. The van der Waals surface area contributed by atoms with Crippen LogP contribution in [0.25, 0.3) is 21.3 Å². The third-order valence-corrected chi connectivity index (χ3v) is 8.85. The number of hydrogen-bond donors (Lipinski definition) is 0. The number of amides is 2. The number of carbonyl (C=O) groups excluding carboxylic acids is 2. The molecule has 2 atom stereocenters. The fourth-order valence-corrected chi connectivity index (χ4v) is 7.05. The minimum absolute atomic E-state index is 0.0362. The Kier molecular flexibility index (Phi) is 6.00. The molecule has 11 heteroatoms. The van der Waals surface area contributed by atoms with E-state index in [2.05, 4.69) is 15.2 Å². The van der Waals surface area contributed by atoms with E-state index >= 15 is 0 Å². The van der Waals surface area contributed by atoms with Crippen LogP contribution in [0.2, 0.25) is 0 Å². The van der Waals surface area contributed by atoms with Gasteiger partial charge in [0.05, 0.1) is 15.6 Å². The van der Waals surface area contributed by atoms with E-state index in [-0.39, 0.29) is 36.4 Å². The molecule has 0 radical (unpaired) electrons. The molecule has 1 aliphatic heterocycles. The molecular weight excluding hydrogens is 500 g/mol. The Bertz CT molecular complexity index is 1580. The molecule has 0 spiro atoms. The number of fused-ring (bicyclic) bond motifs is 1. The summed E-state index contributed by atoms with van der Waals surface area (Å²) in [5, 5.41) is 7.11. The SMILES string of the molecule is CCN1C(=O)CC(C)(Cc2nnc(C(c3nc4ccc(-c5ccccc5)cc4s3)S(C)(=O)=O)o2)C1=O. The molecule has 186 valence electrons. The summed E-state index contributed by atoms with van der Waals surface area (Å²) in [6, 6.07) is 15.7. The molecule has 3 heterocycles. The number of carbonyl (C=O) groups is 2. The van der Waals surface area contributed by atoms with Gasteiger partial charge in [0, 0.05) is 25.6 Å². The molecule has 36 heavy (non-hydrogen) atoms. The van der Waals surface area contributed by atoms with Crippen LogP contribution in [0.3, 0.4) is 0 Å². The van der Waals surface area contributed by atoms with Crippen LogP contribution in [0.4, 0.5) is 0 Å². The third kappa shape index (κ3) is 4.33. The van der Waals surface area contributed by atoms with Gasteiger partial charge in [-0.3, -0.25) is 14.5 Å². The first-order valence-electron chi connectivity index (χ1n) is 11.4. The molecule has 0 bridgehead atoms. The highest BCUT2D eigenvalue weighted by molar-refractivity contribution is 7.91. The van der Waals surface area contributed by atoms with Crippen molar-refractivity contribution in [2.75, 3.05) is 12.8 Å². The summed E-state index contributed by atoms with van der Waals surface area (Å²) in [7, 11) is -3.72. The standard InChI is InChI=1S/C25H24N4O5S2/c1-4-29-20(30)14-25(2,24(29)31)13-19-27-28-22(34-19)21(36(3,32)33)23-26-17-11-10-16(12-18(17)35-23)15-8-6-5-7-9-15/h5-12,21H,4,13-14H2,1-3H3. The topological polar surface area (TPSA) is 123 Å². The fourth-order valence-electron chi connectivity index (χ4n) is 4.52. The van der Waals surface area contributed by atoms with Crippen LogP contribution in [0.1, 0.15) is 42.3 Å². The van der Waals surface area contributed by atoms with Crippen LogP contribution >= 0.6 is 11.3 Å². The molecular formula is C25H24N4O5S2. The smallest absolute Gasteiger partial charge is 0.241 e. The minimum Gasteiger partial charge on any atom is -0.423 e. The Balaban J connectivity index is 1.47. The maximum Gasteiger partial charge on any atom is 0.241 e. The quantitative estimate of drug-likeness (QED) is 0.334. The Hall–Kier alpha value is -3.44. The van der Waals surface area contributed by atoms with Crippen molar-refractivity contribution in [1.82, 2.24) is 20.1 Å².